The number of nitrogens with zero attached hydrogens (tertiary/aromatic N) is 9. The molecule has 9 heteroatoms. The van der Waals surface area contributed by atoms with E-state index in [1.54, 1.807) is 37.2 Å². The molecule has 7 rings (SSSR count). The summed E-state index contributed by atoms with van der Waals surface area (Å²) in [5.41, 5.74) is 10.8. The van der Waals surface area contributed by atoms with Crippen LogP contribution in [0.3, 0.4) is 0 Å². The second-order valence-corrected chi connectivity index (χ2v) is 10.6. The molecule has 1 atom stereocenters. The van der Waals surface area contributed by atoms with E-state index < -0.39 is 0 Å². The topological polar surface area (TPSA) is 115 Å². The average Bonchev–Trinajstić information content (AvgIpc) is 3.09. The van der Waals surface area contributed by atoms with Gasteiger partial charge in [-0.1, -0.05) is 19.1 Å². The maximum absolute atomic E-state index is 4.69. The Bertz CT molecular complexity index is 1860. The Labute approximate surface area is 248 Å². The van der Waals surface area contributed by atoms with Crippen molar-refractivity contribution in [2.45, 2.75) is 18.8 Å². The molecular weight excluding hydrogens is 534 g/mol. The molecule has 0 bridgehead atoms. The van der Waals surface area contributed by atoms with E-state index in [2.05, 4.69) is 77.8 Å². The quantitative estimate of drug-likeness (QED) is 0.234. The fourth-order valence-corrected chi connectivity index (χ4v) is 5.34. The zero-order valence-electron chi connectivity index (χ0n) is 23.3. The number of rotatable bonds is 6. The minimum absolute atomic E-state index is 0.377. The van der Waals surface area contributed by atoms with Crippen molar-refractivity contribution in [3.63, 3.8) is 0 Å². The van der Waals surface area contributed by atoms with E-state index in [1.807, 2.05) is 55.4 Å². The highest BCUT2D eigenvalue weighted by Crippen LogP contribution is 2.40. The number of aliphatic imine (C=N–C) groups is 1. The van der Waals surface area contributed by atoms with Crippen LogP contribution in [0.5, 0.6) is 0 Å². The number of hydrogen-bond donors (Lipinski definition) is 0. The maximum Gasteiger partial charge on any atom is 0.0575 e. The average molecular weight is 560 g/mol. The summed E-state index contributed by atoms with van der Waals surface area (Å²) in [6.07, 6.45) is 22.5. The molecule has 0 radical (unpaired) electrons. The van der Waals surface area contributed by atoms with Gasteiger partial charge < -0.3 is 0 Å². The van der Waals surface area contributed by atoms with Gasteiger partial charge in [0.05, 0.1) is 37.2 Å². The van der Waals surface area contributed by atoms with Crippen LogP contribution < -0.4 is 0 Å². The van der Waals surface area contributed by atoms with Crippen LogP contribution in [0.15, 0.2) is 122 Å². The van der Waals surface area contributed by atoms with Crippen molar-refractivity contribution in [1.29, 1.82) is 0 Å². The van der Waals surface area contributed by atoms with Crippen LogP contribution in [-0.4, -0.2) is 46.8 Å². The molecule has 0 N–H and O–H groups in total. The Morgan fingerprint density at radius 1 is 0.488 bits per heavy atom. The van der Waals surface area contributed by atoms with E-state index in [1.165, 1.54) is 0 Å². The minimum atomic E-state index is -0.377. The molecule has 6 aromatic rings. The molecule has 6 heterocycles. The van der Waals surface area contributed by atoms with Gasteiger partial charge >= 0.3 is 0 Å². The lowest BCUT2D eigenvalue weighted by atomic mass is 9.74. The third-order valence-electron chi connectivity index (χ3n) is 7.67. The Hall–Kier alpha value is -5.83. The van der Waals surface area contributed by atoms with Crippen molar-refractivity contribution in [2.24, 2.45) is 4.99 Å². The Kier molecular flexibility index (Phi) is 6.80. The Balaban J connectivity index is 1.36. The monoisotopic (exact) mass is 559 g/mol. The number of pyridine rings is 2. The van der Waals surface area contributed by atoms with E-state index in [9.17, 15) is 0 Å². The van der Waals surface area contributed by atoms with Gasteiger partial charge in [-0.3, -0.25) is 15.0 Å². The molecule has 0 aliphatic carbocycles. The lowest BCUT2D eigenvalue weighted by Gasteiger charge is -2.30. The molecular formula is C34H25N9. The van der Waals surface area contributed by atoms with E-state index in [-0.39, 0.29) is 5.41 Å². The molecule has 0 spiro atoms. The second kappa shape index (κ2) is 11.2. The van der Waals surface area contributed by atoms with Crippen LogP contribution in [0.1, 0.15) is 24.5 Å². The zero-order chi connectivity index (χ0) is 29.1. The summed E-state index contributed by atoms with van der Waals surface area (Å²) < 4.78 is 0. The van der Waals surface area contributed by atoms with Gasteiger partial charge in [0.1, 0.15) is 0 Å². The molecule has 206 valence electrons. The van der Waals surface area contributed by atoms with Gasteiger partial charge in [0.2, 0.25) is 0 Å². The summed E-state index contributed by atoms with van der Waals surface area (Å²) in [5, 5.41) is 23.9. The summed E-state index contributed by atoms with van der Waals surface area (Å²) in [5.74, 6) is 0. The van der Waals surface area contributed by atoms with Crippen molar-refractivity contribution in [1.82, 2.24) is 40.6 Å². The highest BCUT2D eigenvalue weighted by Gasteiger charge is 2.30. The van der Waals surface area contributed by atoms with Crippen LogP contribution in [-0.2, 0) is 5.41 Å². The lowest BCUT2D eigenvalue weighted by Crippen LogP contribution is -2.26. The van der Waals surface area contributed by atoms with Gasteiger partial charge in [-0.2, -0.15) is 30.6 Å². The predicted octanol–water partition coefficient (Wildman–Crippen LogP) is 6.29. The zero-order valence-corrected chi connectivity index (χ0v) is 23.3. The largest absolute Gasteiger partial charge is 0.268 e. The summed E-state index contributed by atoms with van der Waals surface area (Å²) >= 11 is 0. The number of benzene rings is 1. The van der Waals surface area contributed by atoms with Gasteiger partial charge in [0, 0.05) is 81.6 Å². The van der Waals surface area contributed by atoms with Gasteiger partial charge in [-0.05, 0) is 65.1 Å². The molecule has 43 heavy (non-hydrogen) atoms. The van der Waals surface area contributed by atoms with E-state index in [0.29, 0.717) is 0 Å². The van der Waals surface area contributed by atoms with Gasteiger partial charge in [-0.15, -0.1) is 0 Å². The third-order valence-corrected chi connectivity index (χ3v) is 7.67. The Morgan fingerprint density at radius 3 is 1.44 bits per heavy atom. The van der Waals surface area contributed by atoms with Crippen molar-refractivity contribution in [3.8, 4) is 44.5 Å². The number of aromatic nitrogens is 8. The first-order chi connectivity index (χ1) is 21.1. The van der Waals surface area contributed by atoms with E-state index in [0.717, 1.165) is 67.6 Å². The van der Waals surface area contributed by atoms with Crippen molar-refractivity contribution in [3.05, 3.63) is 128 Å². The SMILES string of the molecule is CC1(c2cc(-c3cncc(-c4ccnnc4)c3)cc(-c3cncc(-c4ccnnc4)c3)c2)C=NC=C(c2ccnnc2)C1. The highest BCUT2D eigenvalue weighted by molar-refractivity contribution is 5.86. The number of allylic oxidation sites excluding steroid dienone is 1. The van der Waals surface area contributed by atoms with E-state index in [4.69, 9.17) is 4.99 Å². The van der Waals surface area contributed by atoms with Crippen LogP contribution in [0.25, 0.3) is 50.1 Å². The molecule has 5 aromatic heterocycles. The minimum Gasteiger partial charge on any atom is -0.268 e. The first-order valence-electron chi connectivity index (χ1n) is 13.8. The smallest absolute Gasteiger partial charge is 0.0575 e. The molecule has 0 fully saturated rings. The molecule has 0 saturated heterocycles. The fourth-order valence-electron chi connectivity index (χ4n) is 5.34. The molecule has 1 aliphatic heterocycles. The van der Waals surface area contributed by atoms with Gasteiger partial charge in [0.15, 0.2) is 0 Å². The molecule has 9 nitrogen and oxygen atoms in total. The maximum atomic E-state index is 4.69. The van der Waals surface area contributed by atoms with Crippen LogP contribution in [0, 0.1) is 0 Å². The molecule has 0 saturated carbocycles. The number of hydrogen-bond acceptors (Lipinski definition) is 9. The predicted molar refractivity (Wildman–Crippen MR) is 165 cm³/mol. The normalized spacial score (nSPS) is 16.1. The Morgan fingerprint density at radius 2 is 0.953 bits per heavy atom. The first kappa shape index (κ1) is 26.1. The lowest BCUT2D eigenvalue weighted by molar-refractivity contribution is 0.666. The standard InChI is InChI=1S/C34H25N9/c1-34(13-32(18-37-22-34)25-4-7-40-43-21-25)33-11-26(30-9-28(14-35-16-30)23-2-5-38-41-19-23)8-27(12-33)31-10-29(15-36-17-31)24-3-6-39-42-20-24/h2-12,14-22H,13H2,1H3. The molecule has 0 amide bonds. The highest BCUT2D eigenvalue weighted by atomic mass is 15.1. The van der Waals surface area contributed by atoms with Crippen LogP contribution in [0.4, 0.5) is 0 Å². The molecule has 1 unspecified atom stereocenters. The second-order valence-electron chi connectivity index (χ2n) is 10.6. The van der Waals surface area contributed by atoms with Crippen molar-refractivity contribution in [2.75, 3.05) is 0 Å². The first-order valence-corrected chi connectivity index (χ1v) is 13.8. The van der Waals surface area contributed by atoms with Crippen LogP contribution >= 0.6 is 0 Å². The van der Waals surface area contributed by atoms with Gasteiger partial charge in [0.25, 0.3) is 0 Å². The van der Waals surface area contributed by atoms with E-state index >= 15 is 0 Å². The van der Waals surface area contributed by atoms with Crippen molar-refractivity contribution >= 4 is 11.8 Å². The van der Waals surface area contributed by atoms with Gasteiger partial charge in [-0.25, -0.2) is 0 Å². The third kappa shape index (κ3) is 5.43. The summed E-state index contributed by atoms with van der Waals surface area (Å²) in [4.78, 5) is 13.9. The summed E-state index contributed by atoms with van der Waals surface area (Å²) in [6, 6.07) is 16.8. The molecule has 1 aromatic carbocycles. The van der Waals surface area contributed by atoms with Crippen LogP contribution in [0.2, 0.25) is 0 Å². The molecule has 1 aliphatic rings. The van der Waals surface area contributed by atoms with Crippen molar-refractivity contribution < 1.29 is 0 Å². The summed E-state index contributed by atoms with van der Waals surface area (Å²) in [7, 11) is 0. The fraction of sp³-hybridized carbons (Fsp3) is 0.0882. The summed E-state index contributed by atoms with van der Waals surface area (Å²) in [6.45, 7) is 2.22.